The molecule has 1 N–H and O–H groups in total. The fourth-order valence-corrected chi connectivity index (χ4v) is 4.24. The van der Waals surface area contributed by atoms with Gasteiger partial charge in [-0.15, -0.1) is 11.3 Å². The SMILES string of the molecule is CCCNC(CC1=CCCCC1)Cc1ccc(Br)s1. The van der Waals surface area contributed by atoms with E-state index in [1.165, 1.54) is 47.2 Å². The molecular weight excluding hydrogens is 318 g/mol. The maximum absolute atomic E-state index is 3.72. The first kappa shape index (κ1) is 15.3. The number of hydrogen-bond donors (Lipinski definition) is 1. The fourth-order valence-electron chi connectivity index (χ4n) is 2.68. The van der Waals surface area contributed by atoms with Crippen molar-refractivity contribution in [2.45, 2.75) is 57.9 Å². The first-order chi connectivity index (χ1) is 9.28. The van der Waals surface area contributed by atoms with Gasteiger partial charge in [0.1, 0.15) is 0 Å². The molecule has 19 heavy (non-hydrogen) atoms. The van der Waals surface area contributed by atoms with Crippen LogP contribution >= 0.6 is 27.3 Å². The zero-order chi connectivity index (χ0) is 13.5. The molecule has 0 spiro atoms. The normalized spacial score (nSPS) is 17.3. The molecule has 1 aromatic heterocycles. The molecule has 0 radical (unpaired) electrons. The van der Waals surface area contributed by atoms with E-state index in [1.807, 2.05) is 11.3 Å². The second-order valence-electron chi connectivity index (χ2n) is 5.37. The second-order valence-corrected chi connectivity index (χ2v) is 7.92. The summed E-state index contributed by atoms with van der Waals surface area (Å²) in [7, 11) is 0. The van der Waals surface area contributed by atoms with Crippen molar-refractivity contribution in [3.05, 3.63) is 32.4 Å². The molecule has 0 amide bonds. The van der Waals surface area contributed by atoms with Crippen molar-refractivity contribution in [1.29, 1.82) is 0 Å². The molecule has 1 aliphatic rings. The van der Waals surface area contributed by atoms with Crippen LogP contribution in [-0.4, -0.2) is 12.6 Å². The molecule has 1 nitrogen and oxygen atoms in total. The first-order valence-electron chi connectivity index (χ1n) is 7.43. The van der Waals surface area contributed by atoms with Crippen LogP contribution in [0, 0.1) is 0 Å². The lowest BCUT2D eigenvalue weighted by Gasteiger charge is -2.21. The first-order valence-corrected chi connectivity index (χ1v) is 9.04. The van der Waals surface area contributed by atoms with E-state index in [2.05, 4.69) is 46.4 Å². The Bertz CT molecular complexity index is 411. The van der Waals surface area contributed by atoms with Crippen LogP contribution in [0.25, 0.3) is 0 Å². The van der Waals surface area contributed by atoms with E-state index < -0.39 is 0 Å². The van der Waals surface area contributed by atoms with Crippen LogP contribution in [0.5, 0.6) is 0 Å². The van der Waals surface area contributed by atoms with Crippen LogP contribution in [0.3, 0.4) is 0 Å². The minimum Gasteiger partial charge on any atom is -0.313 e. The van der Waals surface area contributed by atoms with Gasteiger partial charge in [0.05, 0.1) is 3.79 Å². The molecule has 0 fully saturated rings. The van der Waals surface area contributed by atoms with Gasteiger partial charge in [0.25, 0.3) is 0 Å². The van der Waals surface area contributed by atoms with Gasteiger partial charge in [-0.1, -0.05) is 18.6 Å². The number of allylic oxidation sites excluding steroid dienone is 1. The third-order valence-electron chi connectivity index (χ3n) is 3.65. The standard InChI is InChI=1S/C16H24BrNS/c1-2-10-18-14(11-13-6-4-3-5-7-13)12-15-8-9-16(17)19-15/h6,8-9,14,18H,2-5,7,10-12H2,1H3. The average Bonchev–Trinajstić information content (AvgIpc) is 2.82. The van der Waals surface area contributed by atoms with E-state index in [1.54, 1.807) is 5.57 Å². The van der Waals surface area contributed by atoms with Crippen molar-refractivity contribution in [3.8, 4) is 0 Å². The summed E-state index contributed by atoms with van der Waals surface area (Å²) in [6.45, 7) is 3.37. The average molecular weight is 342 g/mol. The van der Waals surface area contributed by atoms with Crippen molar-refractivity contribution in [3.63, 3.8) is 0 Å². The van der Waals surface area contributed by atoms with Gasteiger partial charge in [-0.2, -0.15) is 0 Å². The predicted octanol–water partition coefficient (Wildman–Crippen LogP) is 5.31. The third kappa shape index (κ3) is 5.41. The minimum atomic E-state index is 0.606. The van der Waals surface area contributed by atoms with Gasteiger partial charge in [0, 0.05) is 10.9 Å². The summed E-state index contributed by atoms with van der Waals surface area (Å²) < 4.78 is 1.24. The van der Waals surface area contributed by atoms with E-state index in [4.69, 9.17) is 0 Å². The van der Waals surface area contributed by atoms with Gasteiger partial charge in [0.2, 0.25) is 0 Å². The molecule has 0 bridgehead atoms. The summed E-state index contributed by atoms with van der Waals surface area (Å²) in [4.78, 5) is 1.48. The van der Waals surface area contributed by atoms with E-state index in [0.29, 0.717) is 6.04 Å². The highest BCUT2D eigenvalue weighted by Gasteiger charge is 2.14. The molecule has 0 saturated carbocycles. The Hall–Kier alpha value is -0.120. The zero-order valence-electron chi connectivity index (χ0n) is 11.8. The third-order valence-corrected chi connectivity index (χ3v) is 5.30. The molecule has 1 unspecified atom stereocenters. The van der Waals surface area contributed by atoms with Crippen LogP contribution in [-0.2, 0) is 6.42 Å². The molecular formula is C16H24BrNS. The summed E-state index contributed by atoms with van der Waals surface area (Å²) >= 11 is 5.43. The van der Waals surface area contributed by atoms with Crippen LogP contribution < -0.4 is 5.32 Å². The Morgan fingerprint density at radius 3 is 2.84 bits per heavy atom. The lowest BCUT2D eigenvalue weighted by molar-refractivity contribution is 0.493. The Balaban J connectivity index is 1.92. The summed E-state index contributed by atoms with van der Waals surface area (Å²) in [6.07, 6.45) is 11.5. The van der Waals surface area contributed by atoms with Crippen molar-refractivity contribution >= 4 is 27.3 Å². The van der Waals surface area contributed by atoms with Gasteiger partial charge < -0.3 is 5.32 Å². The molecule has 0 aliphatic heterocycles. The molecule has 2 rings (SSSR count). The van der Waals surface area contributed by atoms with Crippen LogP contribution in [0.2, 0.25) is 0 Å². The molecule has 0 aromatic carbocycles. The van der Waals surface area contributed by atoms with Crippen molar-refractivity contribution in [2.75, 3.05) is 6.54 Å². The number of hydrogen-bond acceptors (Lipinski definition) is 2. The Morgan fingerprint density at radius 1 is 1.32 bits per heavy atom. The molecule has 0 saturated heterocycles. The van der Waals surface area contributed by atoms with E-state index in [9.17, 15) is 0 Å². The van der Waals surface area contributed by atoms with Gasteiger partial charge in [-0.05, 0) is 79.6 Å². The molecule has 106 valence electrons. The van der Waals surface area contributed by atoms with E-state index in [-0.39, 0.29) is 0 Å². The van der Waals surface area contributed by atoms with E-state index >= 15 is 0 Å². The molecule has 1 heterocycles. The number of nitrogens with one attached hydrogen (secondary N) is 1. The monoisotopic (exact) mass is 341 g/mol. The van der Waals surface area contributed by atoms with Crippen molar-refractivity contribution in [1.82, 2.24) is 5.32 Å². The Kier molecular flexibility index (Phi) is 6.62. The smallest absolute Gasteiger partial charge is 0.0701 e. The second kappa shape index (κ2) is 8.23. The molecule has 3 heteroatoms. The highest BCUT2D eigenvalue weighted by Crippen LogP contribution is 2.26. The largest absolute Gasteiger partial charge is 0.313 e. The highest BCUT2D eigenvalue weighted by molar-refractivity contribution is 9.11. The summed E-state index contributed by atoms with van der Waals surface area (Å²) in [6, 6.07) is 5.02. The fraction of sp³-hybridized carbons (Fsp3) is 0.625. The quantitative estimate of drug-likeness (QED) is 0.662. The molecule has 1 atom stereocenters. The number of halogens is 1. The van der Waals surface area contributed by atoms with Gasteiger partial charge in [0.15, 0.2) is 0 Å². The maximum atomic E-state index is 3.72. The van der Waals surface area contributed by atoms with Crippen LogP contribution in [0.1, 0.15) is 50.3 Å². The number of thiophene rings is 1. The van der Waals surface area contributed by atoms with Gasteiger partial charge >= 0.3 is 0 Å². The minimum absolute atomic E-state index is 0.606. The predicted molar refractivity (Wildman–Crippen MR) is 89.0 cm³/mol. The maximum Gasteiger partial charge on any atom is 0.0701 e. The Labute approximate surface area is 129 Å². The molecule has 1 aliphatic carbocycles. The van der Waals surface area contributed by atoms with Crippen molar-refractivity contribution < 1.29 is 0 Å². The summed E-state index contributed by atoms with van der Waals surface area (Å²) in [5.41, 5.74) is 1.68. The van der Waals surface area contributed by atoms with Gasteiger partial charge in [-0.3, -0.25) is 0 Å². The zero-order valence-corrected chi connectivity index (χ0v) is 14.2. The molecule has 1 aromatic rings. The van der Waals surface area contributed by atoms with Crippen molar-refractivity contribution in [2.24, 2.45) is 0 Å². The topological polar surface area (TPSA) is 12.0 Å². The lowest BCUT2D eigenvalue weighted by Crippen LogP contribution is -2.32. The highest BCUT2D eigenvalue weighted by atomic mass is 79.9. The van der Waals surface area contributed by atoms with Crippen LogP contribution in [0.15, 0.2) is 27.6 Å². The lowest BCUT2D eigenvalue weighted by atomic mass is 9.93. The summed E-state index contributed by atoms with van der Waals surface area (Å²) in [5.74, 6) is 0. The van der Waals surface area contributed by atoms with E-state index in [0.717, 1.165) is 13.0 Å². The Morgan fingerprint density at radius 2 is 2.21 bits per heavy atom. The van der Waals surface area contributed by atoms with Crippen LogP contribution in [0.4, 0.5) is 0 Å². The van der Waals surface area contributed by atoms with Gasteiger partial charge in [-0.25, -0.2) is 0 Å². The summed E-state index contributed by atoms with van der Waals surface area (Å²) in [5, 5.41) is 3.72. The number of rotatable bonds is 7.